The van der Waals surface area contributed by atoms with Gasteiger partial charge in [0.1, 0.15) is 5.76 Å². The molecular weight excluding hydrogens is 294 g/mol. The van der Waals surface area contributed by atoms with Crippen molar-refractivity contribution in [3.63, 3.8) is 0 Å². The van der Waals surface area contributed by atoms with Gasteiger partial charge in [0.05, 0.1) is 23.4 Å². The summed E-state index contributed by atoms with van der Waals surface area (Å²) >= 11 is 3.45. The van der Waals surface area contributed by atoms with Gasteiger partial charge in [-0.3, -0.25) is 0 Å². The first kappa shape index (κ1) is 13.3. The Hall–Kier alpha value is -1.10. The molecule has 1 aromatic carbocycles. The van der Waals surface area contributed by atoms with E-state index in [-0.39, 0.29) is 12.6 Å². The largest absolute Gasteiger partial charge is 0.466 e. The molecule has 2 N–H and O–H groups in total. The van der Waals surface area contributed by atoms with Crippen molar-refractivity contribution in [3.8, 4) is 0 Å². The Balaban J connectivity index is 2.01. The number of rotatable bonds is 5. The molecule has 0 saturated carbocycles. The van der Waals surface area contributed by atoms with Crippen molar-refractivity contribution < 1.29 is 9.52 Å². The molecule has 1 heterocycles. The lowest BCUT2D eigenvalue weighted by atomic mass is 10.1. The second-order valence-corrected chi connectivity index (χ2v) is 5.02. The maximum absolute atomic E-state index is 9.26. The molecule has 96 valence electrons. The zero-order valence-electron chi connectivity index (χ0n) is 10.2. The fraction of sp³-hybridized carbons (Fsp3) is 0.286. The van der Waals surface area contributed by atoms with E-state index in [1.165, 1.54) is 0 Å². The first-order valence-corrected chi connectivity index (χ1v) is 6.65. The van der Waals surface area contributed by atoms with Crippen LogP contribution in [-0.2, 0) is 13.2 Å². The van der Waals surface area contributed by atoms with Gasteiger partial charge in [0.25, 0.3) is 0 Å². The van der Waals surface area contributed by atoms with Crippen molar-refractivity contribution in [1.82, 2.24) is 5.32 Å². The highest BCUT2D eigenvalue weighted by Crippen LogP contribution is 2.24. The van der Waals surface area contributed by atoms with Gasteiger partial charge in [-0.2, -0.15) is 0 Å². The Morgan fingerprint density at radius 1 is 1.28 bits per heavy atom. The molecule has 0 bridgehead atoms. The monoisotopic (exact) mass is 309 g/mol. The molecule has 2 rings (SSSR count). The van der Waals surface area contributed by atoms with Gasteiger partial charge in [-0.15, -0.1) is 0 Å². The molecule has 3 nitrogen and oxygen atoms in total. The quantitative estimate of drug-likeness (QED) is 0.890. The van der Waals surface area contributed by atoms with E-state index in [1.54, 1.807) is 6.26 Å². The molecule has 0 amide bonds. The molecule has 1 atom stereocenters. The molecule has 1 unspecified atom stereocenters. The summed E-state index contributed by atoms with van der Waals surface area (Å²) in [7, 11) is 0. The third-order valence-corrected chi connectivity index (χ3v) is 3.58. The van der Waals surface area contributed by atoms with Gasteiger partial charge in [-0.25, -0.2) is 0 Å². The molecule has 0 radical (unpaired) electrons. The van der Waals surface area contributed by atoms with Gasteiger partial charge in [0.2, 0.25) is 0 Å². The molecule has 0 saturated heterocycles. The van der Waals surface area contributed by atoms with Crippen LogP contribution in [0, 0.1) is 0 Å². The van der Waals surface area contributed by atoms with Crippen LogP contribution in [0.25, 0.3) is 0 Å². The summed E-state index contributed by atoms with van der Waals surface area (Å²) in [6, 6.07) is 9.86. The van der Waals surface area contributed by atoms with Gasteiger partial charge in [-0.05, 0) is 40.0 Å². The summed E-state index contributed by atoms with van der Waals surface area (Å²) < 4.78 is 6.38. The Morgan fingerprint density at radius 2 is 2.00 bits per heavy atom. The van der Waals surface area contributed by atoms with Crippen LogP contribution in [0.3, 0.4) is 0 Å². The minimum atomic E-state index is 0.0662. The molecule has 0 aliphatic heterocycles. The molecule has 0 spiro atoms. The van der Waals surface area contributed by atoms with E-state index in [9.17, 15) is 5.11 Å². The molecule has 1 aromatic heterocycles. The van der Waals surface area contributed by atoms with Crippen molar-refractivity contribution in [2.75, 3.05) is 0 Å². The smallest absolute Gasteiger partial charge is 0.134 e. The van der Waals surface area contributed by atoms with Crippen LogP contribution in [0.4, 0.5) is 0 Å². The molecular formula is C14H16BrNO2. The fourth-order valence-corrected chi connectivity index (χ4v) is 2.40. The van der Waals surface area contributed by atoms with Gasteiger partial charge in [0, 0.05) is 6.54 Å². The van der Waals surface area contributed by atoms with Gasteiger partial charge >= 0.3 is 0 Å². The van der Waals surface area contributed by atoms with Gasteiger partial charge in [-0.1, -0.05) is 24.3 Å². The number of furan rings is 1. The first-order chi connectivity index (χ1) is 8.72. The molecule has 4 heteroatoms. The van der Waals surface area contributed by atoms with Crippen molar-refractivity contribution in [2.24, 2.45) is 0 Å². The lowest BCUT2D eigenvalue weighted by molar-refractivity contribution is 0.280. The number of nitrogens with one attached hydrogen (secondary N) is 1. The standard InChI is InChI=1S/C14H16BrNO2/c1-10(14-13(15)6-7-18-14)16-8-11-4-2-3-5-12(11)9-17/h2-7,10,16-17H,8-9H2,1H3. The predicted octanol–water partition coefficient (Wildman–Crippen LogP) is 3.39. The maximum atomic E-state index is 9.26. The fourth-order valence-electron chi connectivity index (χ4n) is 1.85. The topological polar surface area (TPSA) is 45.4 Å². The number of aliphatic hydroxyl groups is 1. The van der Waals surface area contributed by atoms with Crippen molar-refractivity contribution in [3.05, 3.63) is 58.0 Å². The predicted molar refractivity (Wildman–Crippen MR) is 74.0 cm³/mol. The Labute approximate surface area is 115 Å². The van der Waals surface area contributed by atoms with E-state index in [1.807, 2.05) is 37.3 Å². The van der Waals surface area contributed by atoms with Crippen LogP contribution in [0.1, 0.15) is 29.9 Å². The number of benzene rings is 1. The van der Waals surface area contributed by atoms with Crippen molar-refractivity contribution in [1.29, 1.82) is 0 Å². The molecule has 18 heavy (non-hydrogen) atoms. The lowest BCUT2D eigenvalue weighted by Gasteiger charge is -2.14. The highest BCUT2D eigenvalue weighted by molar-refractivity contribution is 9.10. The molecule has 0 fully saturated rings. The maximum Gasteiger partial charge on any atom is 0.134 e. The van der Waals surface area contributed by atoms with Crippen LogP contribution in [0.15, 0.2) is 45.5 Å². The first-order valence-electron chi connectivity index (χ1n) is 5.86. The summed E-state index contributed by atoms with van der Waals surface area (Å²) in [6.07, 6.45) is 1.67. The zero-order valence-corrected chi connectivity index (χ0v) is 11.8. The highest BCUT2D eigenvalue weighted by Gasteiger charge is 2.12. The number of aliphatic hydroxyl groups excluding tert-OH is 1. The summed E-state index contributed by atoms with van der Waals surface area (Å²) in [4.78, 5) is 0. The molecule has 2 aromatic rings. The van der Waals surface area contributed by atoms with E-state index in [4.69, 9.17) is 4.42 Å². The normalized spacial score (nSPS) is 12.6. The van der Waals surface area contributed by atoms with Crippen LogP contribution < -0.4 is 5.32 Å². The summed E-state index contributed by atoms with van der Waals surface area (Å²) in [5, 5.41) is 12.6. The molecule has 0 aliphatic carbocycles. The average Bonchev–Trinajstić information content (AvgIpc) is 2.82. The summed E-state index contributed by atoms with van der Waals surface area (Å²) in [6.45, 7) is 2.81. The van der Waals surface area contributed by atoms with E-state index < -0.39 is 0 Å². The van der Waals surface area contributed by atoms with E-state index in [0.717, 1.165) is 21.4 Å². The third kappa shape index (κ3) is 3.02. The minimum Gasteiger partial charge on any atom is -0.466 e. The zero-order chi connectivity index (χ0) is 13.0. The van der Waals surface area contributed by atoms with Gasteiger partial charge < -0.3 is 14.8 Å². The van der Waals surface area contributed by atoms with Crippen LogP contribution in [0.5, 0.6) is 0 Å². The van der Waals surface area contributed by atoms with Gasteiger partial charge in [0.15, 0.2) is 0 Å². The highest BCUT2D eigenvalue weighted by atomic mass is 79.9. The Bertz CT molecular complexity index is 510. The summed E-state index contributed by atoms with van der Waals surface area (Å²) in [5.41, 5.74) is 2.06. The van der Waals surface area contributed by atoms with Crippen LogP contribution >= 0.6 is 15.9 Å². The number of halogens is 1. The Kier molecular flexibility index (Phi) is 4.58. The number of hydrogen-bond acceptors (Lipinski definition) is 3. The van der Waals surface area contributed by atoms with Crippen LogP contribution in [0.2, 0.25) is 0 Å². The lowest BCUT2D eigenvalue weighted by Crippen LogP contribution is -2.18. The summed E-state index contributed by atoms with van der Waals surface area (Å²) in [5.74, 6) is 0.886. The minimum absolute atomic E-state index is 0.0662. The molecule has 0 aliphatic rings. The average molecular weight is 310 g/mol. The van der Waals surface area contributed by atoms with E-state index in [2.05, 4.69) is 21.2 Å². The second-order valence-electron chi connectivity index (χ2n) is 4.16. The van der Waals surface area contributed by atoms with Crippen LogP contribution in [-0.4, -0.2) is 5.11 Å². The van der Waals surface area contributed by atoms with Crippen molar-refractivity contribution >= 4 is 15.9 Å². The second kappa shape index (κ2) is 6.18. The van der Waals surface area contributed by atoms with E-state index in [0.29, 0.717) is 6.54 Å². The van der Waals surface area contributed by atoms with E-state index >= 15 is 0 Å². The SMILES string of the molecule is CC(NCc1ccccc1CO)c1occc1Br. The Morgan fingerprint density at radius 3 is 2.61 bits per heavy atom. The number of hydrogen-bond donors (Lipinski definition) is 2. The third-order valence-electron chi connectivity index (χ3n) is 2.93. The van der Waals surface area contributed by atoms with Crippen molar-refractivity contribution in [2.45, 2.75) is 26.1 Å².